The highest BCUT2D eigenvalue weighted by molar-refractivity contribution is 5.19. The van der Waals surface area contributed by atoms with Gasteiger partial charge < -0.3 is 19.8 Å². The van der Waals surface area contributed by atoms with Crippen LogP contribution in [-0.2, 0) is 11.3 Å². The van der Waals surface area contributed by atoms with Crippen molar-refractivity contribution < 1.29 is 9.15 Å². The van der Waals surface area contributed by atoms with E-state index in [0.717, 1.165) is 6.54 Å². The highest BCUT2D eigenvalue weighted by Gasteiger charge is 2.16. The van der Waals surface area contributed by atoms with Gasteiger partial charge in [-0.2, -0.15) is 0 Å². The zero-order chi connectivity index (χ0) is 15.0. The van der Waals surface area contributed by atoms with Crippen LogP contribution in [0.15, 0.2) is 4.42 Å². The molecule has 0 radical (unpaired) electrons. The molecule has 1 aromatic heterocycles. The molecule has 0 bridgehead atoms. The van der Waals surface area contributed by atoms with Crippen LogP contribution >= 0.6 is 0 Å². The number of ether oxygens (including phenoxy) is 1. The minimum atomic E-state index is 0.173. The molecule has 0 saturated carbocycles. The second-order valence-electron chi connectivity index (χ2n) is 5.68. The number of anilines is 1. The Morgan fingerprint density at radius 2 is 1.95 bits per heavy atom. The SMILES string of the molecule is CCOCC(Nc1nnc(CNCC(C)C)o1)C(C)C. The van der Waals surface area contributed by atoms with Gasteiger partial charge in [-0.05, 0) is 25.3 Å². The lowest BCUT2D eigenvalue weighted by Crippen LogP contribution is -2.31. The average Bonchev–Trinajstić information content (AvgIpc) is 2.81. The van der Waals surface area contributed by atoms with Crippen molar-refractivity contribution in [2.24, 2.45) is 11.8 Å². The van der Waals surface area contributed by atoms with E-state index in [1.54, 1.807) is 0 Å². The van der Waals surface area contributed by atoms with E-state index in [1.165, 1.54) is 0 Å². The van der Waals surface area contributed by atoms with E-state index < -0.39 is 0 Å². The second-order valence-corrected chi connectivity index (χ2v) is 5.68. The first-order valence-corrected chi connectivity index (χ1v) is 7.40. The molecule has 1 atom stereocenters. The van der Waals surface area contributed by atoms with Gasteiger partial charge in [0, 0.05) is 6.61 Å². The third-order valence-corrected chi connectivity index (χ3v) is 2.91. The van der Waals surface area contributed by atoms with Crippen LogP contribution in [0.4, 0.5) is 6.01 Å². The van der Waals surface area contributed by atoms with Crippen molar-refractivity contribution in [1.29, 1.82) is 0 Å². The van der Waals surface area contributed by atoms with Crippen molar-refractivity contribution in [3.05, 3.63) is 5.89 Å². The molecule has 116 valence electrons. The van der Waals surface area contributed by atoms with Gasteiger partial charge in [0.1, 0.15) is 0 Å². The van der Waals surface area contributed by atoms with Gasteiger partial charge in [-0.3, -0.25) is 0 Å². The Hall–Kier alpha value is -1.14. The van der Waals surface area contributed by atoms with Crippen molar-refractivity contribution in [3.8, 4) is 0 Å². The minimum absolute atomic E-state index is 0.173. The first kappa shape index (κ1) is 16.9. The van der Waals surface area contributed by atoms with Gasteiger partial charge in [0.2, 0.25) is 5.89 Å². The summed E-state index contributed by atoms with van der Waals surface area (Å²) in [5.41, 5.74) is 0. The molecule has 6 heteroatoms. The zero-order valence-electron chi connectivity index (χ0n) is 13.3. The fourth-order valence-corrected chi connectivity index (χ4v) is 1.66. The number of aromatic nitrogens is 2. The van der Waals surface area contributed by atoms with Crippen molar-refractivity contribution in [2.75, 3.05) is 25.1 Å². The molecule has 1 unspecified atom stereocenters. The Morgan fingerprint density at radius 1 is 1.20 bits per heavy atom. The molecule has 0 aliphatic rings. The number of nitrogens with zero attached hydrogens (tertiary/aromatic N) is 2. The normalized spacial score (nSPS) is 13.2. The summed E-state index contributed by atoms with van der Waals surface area (Å²) < 4.78 is 11.0. The van der Waals surface area contributed by atoms with Gasteiger partial charge in [0.15, 0.2) is 0 Å². The molecule has 0 aliphatic heterocycles. The summed E-state index contributed by atoms with van der Waals surface area (Å²) in [5.74, 6) is 1.63. The lowest BCUT2D eigenvalue weighted by molar-refractivity contribution is 0.126. The third-order valence-electron chi connectivity index (χ3n) is 2.91. The summed E-state index contributed by atoms with van der Waals surface area (Å²) in [6.07, 6.45) is 0. The van der Waals surface area contributed by atoms with E-state index in [4.69, 9.17) is 9.15 Å². The van der Waals surface area contributed by atoms with Gasteiger partial charge in [-0.25, -0.2) is 0 Å². The van der Waals surface area contributed by atoms with Crippen LogP contribution in [0.25, 0.3) is 0 Å². The first-order chi connectivity index (χ1) is 9.52. The molecule has 6 nitrogen and oxygen atoms in total. The molecule has 1 rings (SSSR count). The molecular weight excluding hydrogens is 256 g/mol. The van der Waals surface area contributed by atoms with E-state index in [-0.39, 0.29) is 6.04 Å². The maximum absolute atomic E-state index is 5.57. The molecule has 1 heterocycles. The number of nitrogens with one attached hydrogen (secondary N) is 2. The van der Waals surface area contributed by atoms with E-state index in [2.05, 4.69) is 48.5 Å². The predicted octanol–water partition coefficient (Wildman–Crippen LogP) is 2.29. The summed E-state index contributed by atoms with van der Waals surface area (Å²) in [6.45, 7) is 13.5. The Morgan fingerprint density at radius 3 is 2.55 bits per heavy atom. The fourth-order valence-electron chi connectivity index (χ4n) is 1.66. The van der Waals surface area contributed by atoms with Crippen molar-refractivity contribution >= 4 is 6.01 Å². The number of rotatable bonds is 10. The topological polar surface area (TPSA) is 72.2 Å². The summed E-state index contributed by atoms with van der Waals surface area (Å²) in [4.78, 5) is 0. The summed E-state index contributed by atoms with van der Waals surface area (Å²) in [6, 6.07) is 0.636. The maximum atomic E-state index is 5.57. The van der Waals surface area contributed by atoms with E-state index in [1.807, 2.05) is 6.92 Å². The van der Waals surface area contributed by atoms with Crippen LogP contribution in [0.3, 0.4) is 0 Å². The van der Waals surface area contributed by atoms with Crippen LogP contribution in [0.1, 0.15) is 40.5 Å². The van der Waals surface area contributed by atoms with Gasteiger partial charge in [-0.15, -0.1) is 5.10 Å². The smallest absolute Gasteiger partial charge is 0.315 e. The van der Waals surface area contributed by atoms with Crippen molar-refractivity contribution in [3.63, 3.8) is 0 Å². The Labute approximate surface area is 121 Å². The highest BCUT2D eigenvalue weighted by atomic mass is 16.5. The number of hydrogen-bond acceptors (Lipinski definition) is 6. The van der Waals surface area contributed by atoms with Crippen LogP contribution < -0.4 is 10.6 Å². The minimum Gasteiger partial charge on any atom is -0.407 e. The monoisotopic (exact) mass is 284 g/mol. The summed E-state index contributed by atoms with van der Waals surface area (Å²) in [7, 11) is 0. The van der Waals surface area contributed by atoms with Gasteiger partial charge in [-0.1, -0.05) is 32.8 Å². The molecule has 0 fully saturated rings. The third kappa shape index (κ3) is 6.34. The Kier molecular flexibility index (Phi) is 7.54. The first-order valence-electron chi connectivity index (χ1n) is 7.40. The summed E-state index contributed by atoms with van der Waals surface area (Å²) in [5, 5.41) is 14.6. The fraction of sp³-hybridized carbons (Fsp3) is 0.857. The predicted molar refractivity (Wildman–Crippen MR) is 79.6 cm³/mol. The lowest BCUT2D eigenvalue weighted by Gasteiger charge is -2.20. The van der Waals surface area contributed by atoms with Crippen LogP contribution in [0.2, 0.25) is 0 Å². The zero-order valence-corrected chi connectivity index (χ0v) is 13.3. The van der Waals surface area contributed by atoms with E-state index in [0.29, 0.717) is 43.5 Å². The van der Waals surface area contributed by atoms with Crippen LogP contribution in [0, 0.1) is 11.8 Å². The Balaban J connectivity index is 2.44. The average molecular weight is 284 g/mol. The van der Waals surface area contributed by atoms with Crippen LogP contribution in [-0.4, -0.2) is 36.0 Å². The largest absolute Gasteiger partial charge is 0.407 e. The molecule has 2 N–H and O–H groups in total. The van der Waals surface area contributed by atoms with E-state index in [9.17, 15) is 0 Å². The molecule has 0 amide bonds. The second kappa shape index (κ2) is 8.92. The van der Waals surface area contributed by atoms with Crippen molar-refractivity contribution in [2.45, 2.75) is 47.2 Å². The standard InChI is InChI=1S/C14H28N4O2/c1-6-19-9-12(11(4)5)16-14-18-17-13(20-14)8-15-7-10(2)3/h10-12,15H,6-9H2,1-5H3,(H,16,18). The Bertz CT molecular complexity index is 366. The van der Waals surface area contributed by atoms with Gasteiger partial charge in [0.25, 0.3) is 0 Å². The molecule has 20 heavy (non-hydrogen) atoms. The van der Waals surface area contributed by atoms with Crippen LogP contribution in [0.5, 0.6) is 0 Å². The maximum Gasteiger partial charge on any atom is 0.315 e. The lowest BCUT2D eigenvalue weighted by atomic mass is 10.1. The number of hydrogen-bond donors (Lipinski definition) is 2. The summed E-state index contributed by atoms with van der Waals surface area (Å²) >= 11 is 0. The van der Waals surface area contributed by atoms with E-state index >= 15 is 0 Å². The van der Waals surface area contributed by atoms with Gasteiger partial charge in [0.05, 0.1) is 19.2 Å². The molecule has 0 saturated heterocycles. The van der Waals surface area contributed by atoms with Crippen molar-refractivity contribution in [1.82, 2.24) is 15.5 Å². The molecule has 1 aromatic rings. The quantitative estimate of drug-likeness (QED) is 0.687. The van der Waals surface area contributed by atoms with Gasteiger partial charge >= 0.3 is 6.01 Å². The molecule has 0 aromatic carbocycles. The molecule has 0 aliphatic carbocycles. The molecular formula is C14H28N4O2. The molecule has 0 spiro atoms. The highest BCUT2D eigenvalue weighted by Crippen LogP contribution is 2.12.